The fraction of sp³-hybridized carbons (Fsp3) is 0.294. The zero-order chi connectivity index (χ0) is 17.3. The number of hydrogen-bond donors (Lipinski definition) is 0. The van der Waals surface area contributed by atoms with Crippen molar-refractivity contribution < 1.29 is 21.9 Å². The summed E-state index contributed by atoms with van der Waals surface area (Å²) in [5, 5.41) is 0. The molecule has 4 nitrogen and oxygen atoms in total. The maximum absolute atomic E-state index is 13.4. The van der Waals surface area contributed by atoms with E-state index in [-0.39, 0.29) is 10.9 Å². The Morgan fingerprint density at radius 3 is 2.29 bits per heavy atom. The Hall–Kier alpha value is -1.99. The van der Waals surface area contributed by atoms with Crippen molar-refractivity contribution >= 4 is 10.0 Å². The van der Waals surface area contributed by atoms with Gasteiger partial charge in [-0.05, 0) is 42.7 Å². The van der Waals surface area contributed by atoms with Crippen molar-refractivity contribution in [2.75, 3.05) is 13.7 Å². The highest BCUT2D eigenvalue weighted by atomic mass is 32.2. The van der Waals surface area contributed by atoms with E-state index in [0.29, 0.717) is 31.2 Å². The van der Waals surface area contributed by atoms with Gasteiger partial charge < -0.3 is 4.74 Å². The molecule has 1 atom stereocenters. The molecule has 0 radical (unpaired) electrons. The topological polar surface area (TPSA) is 46.6 Å². The second-order valence-electron chi connectivity index (χ2n) is 5.65. The summed E-state index contributed by atoms with van der Waals surface area (Å²) in [5.41, 5.74) is 0.828. The normalized spacial score (nSPS) is 18.7. The van der Waals surface area contributed by atoms with E-state index in [9.17, 15) is 17.2 Å². The van der Waals surface area contributed by atoms with Crippen molar-refractivity contribution in [1.82, 2.24) is 4.31 Å². The van der Waals surface area contributed by atoms with Crippen LogP contribution in [-0.2, 0) is 10.0 Å². The van der Waals surface area contributed by atoms with Crippen molar-refractivity contribution in [3.8, 4) is 5.75 Å². The molecule has 128 valence electrons. The first kappa shape index (κ1) is 16.9. The molecule has 0 N–H and O–H groups in total. The summed E-state index contributed by atoms with van der Waals surface area (Å²) in [7, 11) is -2.42. The molecule has 0 saturated carbocycles. The average Bonchev–Trinajstić information content (AvgIpc) is 3.04. The maximum Gasteiger partial charge on any atom is 0.243 e. The number of benzene rings is 2. The summed E-state index contributed by atoms with van der Waals surface area (Å²) >= 11 is 0. The Bertz CT molecular complexity index is 817. The molecule has 24 heavy (non-hydrogen) atoms. The van der Waals surface area contributed by atoms with Crippen molar-refractivity contribution in [2.24, 2.45) is 0 Å². The first-order valence-electron chi connectivity index (χ1n) is 7.54. The third kappa shape index (κ3) is 3.14. The quantitative estimate of drug-likeness (QED) is 0.845. The van der Waals surface area contributed by atoms with E-state index >= 15 is 0 Å². The molecule has 0 amide bonds. The molecule has 1 aliphatic heterocycles. The van der Waals surface area contributed by atoms with Gasteiger partial charge in [0.15, 0.2) is 0 Å². The Kier molecular flexibility index (Phi) is 4.56. The largest absolute Gasteiger partial charge is 0.497 e. The number of ether oxygens (including phenoxy) is 1. The van der Waals surface area contributed by atoms with Crippen LogP contribution >= 0.6 is 0 Å². The van der Waals surface area contributed by atoms with Crippen LogP contribution in [0.15, 0.2) is 47.4 Å². The lowest BCUT2D eigenvalue weighted by molar-refractivity contribution is 0.394. The molecule has 7 heteroatoms. The van der Waals surface area contributed by atoms with Gasteiger partial charge >= 0.3 is 0 Å². The van der Waals surface area contributed by atoms with E-state index in [4.69, 9.17) is 4.74 Å². The molecule has 0 aliphatic carbocycles. The van der Waals surface area contributed by atoms with Gasteiger partial charge in [-0.15, -0.1) is 0 Å². The van der Waals surface area contributed by atoms with Gasteiger partial charge in [0.25, 0.3) is 0 Å². The molecule has 0 spiro atoms. The summed E-state index contributed by atoms with van der Waals surface area (Å²) in [5.74, 6) is -1.14. The predicted octanol–water partition coefficient (Wildman–Crippen LogP) is 3.50. The summed E-state index contributed by atoms with van der Waals surface area (Å²) in [6.45, 7) is 0.317. The molecule has 0 bridgehead atoms. The van der Waals surface area contributed by atoms with Gasteiger partial charge in [-0.1, -0.05) is 12.1 Å². The molecule has 0 unspecified atom stereocenters. The van der Waals surface area contributed by atoms with Crippen molar-refractivity contribution in [2.45, 2.75) is 23.8 Å². The highest BCUT2D eigenvalue weighted by Gasteiger charge is 2.36. The first-order chi connectivity index (χ1) is 11.4. The standard InChI is InChI=1S/C17H17F2NO3S/c1-23-15-6-4-12(5-7-15)17-3-2-8-20(17)24(21,22)16-10-13(18)9-14(19)11-16/h4-7,9-11,17H,2-3,8H2,1H3/t17-/m1/s1. The Labute approximate surface area is 139 Å². The van der Waals surface area contributed by atoms with E-state index in [1.54, 1.807) is 19.2 Å². The maximum atomic E-state index is 13.4. The monoisotopic (exact) mass is 353 g/mol. The summed E-state index contributed by atoms with van der Waals surface area (Å²) < 4.78 is 58.9. The number of methoxy groups -OCH3 is 1. The van der Waals surface area contributed by atoms with Gasteiger partial charge in [0, 0.05) is 12.6 Å². The molecular formula is C17H17F2NO3S. The fourth-order valence-electron chi connectivity index (χ4n) is 3.00. The highest BCUT2D eigenvalue weighted by Crippen LogP contribution is 2.37. The van der Waals surface area contributed by atoms with Gasteiger partial charge in [0.05, 0.1) is 18.0 Å². The lowest BCUT2D eigenvalue weighted by atomic mass is 10.1. The third-order valence-electron chi connectivity index (χ3n) is 4.15. The van der Waals surface area contributed by atoms with Gasteiger partial charge in [-0.3, -0.25) is 0 Å². The molecule has 0 aromatic heterocycles. The molecule has 1 aliphatic rings. The van der Waals surface area contributed by atoms with E-state index in [1.165, 1.54) is 4.31 Å². The van der Waals surface area contributed by atoms with Crippen LogP contribution in [0.3, 0.4) is 0 Å². The van der Waals surface area contributed by atoms with E-state index < -0.39 is 21.7 Å². The van der Waals surface area contributed by atoms with Crippen LogP contribution in [-0.4, -0.2) is 26.4 Å². The average molecular weight is 353 g/mol. The van der Waals surface area contributed by atoms with Crippen LogP contribution < -0.4 is 4.74 Å². The molecule has 2 aromatic rings. The van der Waals surface area contributed by atoms with Gasteiger partial charge in [-0.25, -0.2) is 17.2 Å². The van der Waals surface area contributed by atoms with Crippen molar-refractivity contribution in [3.63, 3.8) is 0 Å². The number of rotatable bonds is 4. The van der Waals surface area contributed by atoms with Gasteiger partial charge in [0.2, 0.25) is 10.0 Å². The highest BCUT2D eigenvalue weighted by molar-refractivity contribution is 7.89. The second kappa shape index (κ2) is 6.49. The van der Waals surface area contributed by atoms with Gasteiger partial charge in [-0.2, -0.15) is 4.31 Å². The minimum Gasteiger partial charge on any atom is -0.497 e. The summed E-state index contributed by atoms with van der Waals surface area (Å²) in [6, 6.07) is 9.15. The minimum absolute atomic E-state index is 0.317. The first-order valence-corrected chi connectivity index (χ1v) is 8.98. The summed E-state index contributed by atoms with van der Waals surface area (Å²) in [4.78, 5) is -0.361. The second-order valence-corrected chi connectivity index (χ2v) is 7.54. The molecule has 2 aromatic carbocycles. The predicted molar refractivity (Wildman–Crippen MR) is 85.2 cm³/mol. The smallest absolute Gasteiger partial charge is 0.243 e. The summed E-state index contributed by atoms with van der Waals surface area (Å²) in [6.07, 6.45) is 1.34. The zero-order valence-corrected chi connectivity index (χ0v) is 13.9. The van der Waals surface area contributed by atoms with Crippen molar-refractivity contribution in [3.05, 3.63) is 59.7 Å². The van der Waals surface area contributed by atoms with E-state index in [1.807, 2.05) is 12.1 Å². The van der Waals surface area contributed by atoms with Gasteiger partial charge in [0.1, 0.15) is 17.4 Å². The van der Waals surface area contributed by atoms with Crippen molar-refractivity contribution in [1.29, 1.82) is 0 Å². The van der Waals surface area contributed by atoms with Crippen LogP contribution in [0.2, 0.25) is 0 Å². The lowest BCUT2D eigenvalue weighted by Crippen LogP contribution is -2.30. The van der Waals surface area contributed by atoms with E-state index in [2.05, 4.69) is 0 Å². The molecule has 1 heterocycles. The number of sulfonamides is 1. The SMILES string of the molecule is COc1ccc([C@H]2CCCN2S(=O)(=O)c2cc(F)cc(F)c2)cc1. The Morgan fingerprint density at radius 1 is 1.08 bits per heavy atom. The lowest BCUT2D eigenvalue weighted by Gasteiger charge is -2.24. The number of nitrogens with zero attached hydrogens (tertiary/aromatic N) is 1. The molecule has 3 rings (SSSR count). The van der Waals surface area contributed by atoms with Crippen LogP contribution in [0.25, 0.3) is 0 Å². The number of hydrogen-bond acceptors (Lipinski definition) is 3. The molecule has 1 saturated heterocycles. The Balaban J connectivity index is 1.96. The third-order valence-corrected chi connectivity index (χ3v) is 6.03. The van der Waals surface area contributed by atoms with Crippen LogP contribution in [0.4, 0.5) is 8.78 Å². The van der Waals surface area contributed by atoms with Crippen LogP contribution in [0.5, 0.6) is 5.75 Å². The van der Waals surface area contributed by atoms with E-state index in [0.717, 1.165) is 17.7 Å². The molecular weight excluding hydrogens is 336 g/mol. The number of halogens is 2. The Morgan fingerprint density at radius 2 is 1.71 bits per heavy atom. The zero-order valence-electron chi connectivity index (χ0n) is 13.1. The van der Waals surface area contributed by atoms with Crippen LogP contribution in [0.1, 0.15) is 24.4 Å². The molecule has 1 fully saturated rings. The minimum atomic E-state index is -3.97. The fourth-order valence-corrected chi connectivity index (χ4v) is 4.73. The van der Waals surface area contributed by atoms with Crippen LogP contribution in [0, 0.1) is 11.6 Å².